The third-order valence-electron chi connectivity index (χ3n) is 1.92. The summed E-state index contributed by atoms with van der Waals surface area (Å²) in [5.74, 6) is -0.145. The Kier molecular flexibility index (Phi) is 7.54. The number of ether oxygens (including phenoxy) is 1. The van der Waals surface area contributed by atoms with Gasteiger partial charge in [0.1, 0.15) is 6.54 Å². The number of carbonyl (C=O) groups excluding carboxylic acids is 2. The zero-order valence-electron chi connectivity index (χ0n) is 10.4. The fraction of sp³-hybridized carbons (Fsp3) is 0.818. The molecule has 0 aliphatic rings. The Balaban J connectivity index is 4.30. The molecule has 2 N–H and O–H groups in total. The first-order valence-corrected chi connectivity index (χ1v) is 5.64. The summed E-state index contributed by atoms with van der Waals surface area (Å²) in [6.07, 6.45) is 0.270. The molecule has 0 spiro atoms. The lowest BCUT2D eigenvalue weighted by atomic mass is 10.2. The van der Waals surface area contributed by atoms with Gasteiger partial charge in [-0.15, -0.1) is 0 Å². The van der Waals surface area contributed by atoms with Crippen LogP contribution in [-0.2, 0) is 14.3 Å². The highest BCUT2D eigenvalue weighted by Crippen LogP contribution is 2.01. The molecule has 16 heavy (non-hydrogen) atoms. The Morgan fingerprint density at radius 3 is 2.44 bits per heavy atom. The van der Waals surface area contributed by atoms with Gasteiger partial charge in [0.15, 0.2) is 0 Å². The molecule has 0 rings (SSSR count). The third kappa shape index (κ3) is 6.40. The van der Waals surface area contributed by atoms with Crippen LogP contribution in [0.4, 0.5) is 0 Å². The summed E-state index contributed by atoms with van der Waals surface area (Å²) >= 11 is 0. The number of hydrogen-bond donors (Lipinski definition) is 1. The Hall–Kier alpha value is -1.10. The molecule has 0 aliphatic heterocycles. The molecule has 0 aromatic carbocycles. The second kappa shape index (κ2) is 8.10. The van der Waals surface area contributed by atoms with Crippen molar-refractivity contribution in [2.75, 3.05) is 26.2 Å². The van der Waals surface area contributed by atoms with Gasteiger partial charge in [-0.1, -0.05) is 13.8 Å². The van der Waals surface area contributed by atoms with E-state index < -0.39 is 0 Å². The minimum atomic E-state index is -0.367. The smallest absolute Gasteiger partial charge is 0.325 e. The van der Waals surface area contributed by atoms with Crippen molar-refractivity contribution in [1.82, 2.24) is 4.90 Å². The Bertz CT molecular complexity index is 229. The average molecular weight is 230 g/mol. The summed E-state index contributed by atoms with van der Waals surface area (Å²) in [7, 11) is 0. The highest BCUT2D eigenvalue weighted by atomic mass is 16.5. The van der Waals surface area contributed by atoms with Crippen molar-refractivity contribution in [3.63, 3.8) is 0 Å². The highest BCUT2D eigenvalue weighted by Gasteiger charge is 2.17. The normalized spacial score (nSPS) is 10.3. The van der Waals surface area contributed by atoms with Gasteiger partial charge in [0.2, 0.25) is 5.91 Å². The lowest BCUT2D eigenvalue weighted by Gasteiger charge is -2.23. The van der Waals surface area contributed by atoms with E-state index in [1.807, 2.05) is 13.8 Å². The molecule has 5 nitrogen and oxygen atoms in total. The number of amides is 1. The Morgan fingerprint density at radius 1 is 1.38 bits per heavy atom. The van der Waals surface area contributed by atoms with Gasteiger partial charge in [-0.05, 0) is 12.8 Å². The van der Waals surface area contributed by atoms with Crippen LogP contribution in [0.15, 0.2) is 0 Å². The molecular weight excluding hydrogens is 208 g/mol. The zero-order chi connectivity index (χ0) is 12.6. The van der Waals surface area contributed by atoms with Crippen LogP contribution in [0.5, 0.6) is 0 Å². The SMILES string of the molecule is CCOC(=O)CN(CC(C)C)C(=O)CCN. The van der Waals surface area contributed by atoms with E-state index in [0.717, 1.165) is 0 Å². The predicted octanol–water partition coefficient (Wildman–Crippen LogP) is 0.383. The summed E-state index contributed by atoms with van der Waals surface area (Å²) in [4.78, 5) is 24.5. The predicted molar refractivity (Wildman–Crippen MR) is 61.7 cm³/mol. The van der Waals surface area contributed by atoms with Crippen molar-refractivity contribution >= 4 is 11.9 Å². The van der Waals surface area contributed by atoms with Crippen LogP contribution in [0.1, 0.15) is 27.2 Å². The van der Waals surface area contributed by atoms with E-state index in [1.165, 1.54) is 4.90 Å². The van der Waals surface area contributed by atoms with Crippen LogP contribution in [0.25, 0.3) is 0 Å². The fourth-order valence-electron chi connectivity index (χ4n) is 1.34. The van der Waals surface area contributed by atoms with Gasteiger partial charge in [0, 0.05) is 19.5 Å². The molecule has 0 aromatic rings. The molecule has 0 fully saturated rings. The minimum Gasteiger partial charge on any atom is -0.465 e. The number of hydrogen-bond acceptors (Lipinski definition) is 4. The summed E-state index contributed by atoms with van der Waals surface area (Å²) in [6.45, 7) is 6.94. The maximum atomic E-state index is 11.7. The van der Waals surface area contributed by atoms with Gasteiger partial charge in [-0.3, -0.25) is 9.59 Å². The third-order valence-corrected chi connectivity index (χ3v) is 1.92. The molecule has 0 aliphatic carbocycles. The molecule has 0 radical (unpaired) electrons. The molecule has 0 bridgehead atoms. The number of esters is 1. The maximum absolute atomic E-state index is 11.7. The summed E-state index contributed by atoms with van der Waals surface area (Å²) in [6, 6.07) is 0. The van der Waals surface area contributed by atoms with Crippen molar-refractivity contribution in [1.29, 1.82) is 0 Å². The van der Waals surface area contributed by atoms with Gasteiger partial charge in [0.25, 0.3) is 0 Å². The zero-order valence-corrected chi connectivity index (χ0v) is 10.4. The van der Waals surface area contributed by atoms with Crippen molar-refractivity contribution in [3.8, 4) is 0 Å². The first-order chi connectivity index (χ1) is 7.51. The van der Waals surface area contributed by atoms with Crippen molar-refractivity contribution in [2.45, 2.75) is 27.2 Å². The molecule has 0 atom stereocenters. The average Bonchev–Trinajstić information content (AvgIpc) is 2.16. The molecule has 5 heteroatoms. The molecular formula is C11H22N2O3. The monoisotopic (exact) mass is 230 g/mol. The molecule has 0 unspecified atom stereocenters. The molecule has 0 aromatic heterocycles. The Morgan fingerprint density at radius 2 is 2.00 bits per heavy atom. The standard InChI is InChI=1S/C11H22N2O3/c1-4-16-11(15)8-13(7-9(2)3)10(14)5-6-12/h9H,4-8,12H2,1-3H3. The summed E-state index contributed by atoms with van der Waals surface area (Å²) < 4.78 is 4.82. The lowest BCUT2D eigenvalue weighted by molar-refractivity contribution is -0.149. The Labute approximate surface area is 96.9 Å². The largest absolute Gasteiger partial charge is 0.465 e. The molecule has 0 saturated carbocycles. The summed E-state index contributed by atoms with van der Waals surface area (Å²) in [5, 5.41) is 0. The minimum absolute atomic E-state index is 0.0187. The van der Waals surface area contributed by atoms with Gasteiger partial charge in [-0.2, -0.15) is 0 Å². The van der Waals surface area contributed by atoms with E-state index >= 15 is 0 Å². The second-order valence-electron chi connectivity index (χ2n) is 4.01. The van der Waals surface area contributed by atoms with Gasteiger partial charge < -0.3 is 15.4 Å². The topological polar surface area (TPSA) is 72.6 Å². The lowest BCUT2D eigenvalue weighted by Crippen LogP contribution is -2.39. The van der Waals surface area contributed by atoms with E-state index in [4.69, 9.17) is 10.5 Å². The highest BCUT2D eigenvalue weighted by molar-refractivity contribution is 5.82. The van der Waals surface area contributed by atoms with Crippen LogP contribution in [0.2, 0.25) is 0 Å². The number of nitrogens with two attached hydrogens (primary N) is 1. The number of carbonyl (C=O) groups is 2. The maximum Gasteiger partial charge on any atom is 0.325 e. The van der Waals surface area contributed by atoms with Gasteiger partial charge in [0.05, 0.1) is 6.61 Å². The van der Waals surface area contributed by atoms with Crippen LogP contribution in [0.3, 0.4) is 0 Å². The number of rotatable bonds is 7. The quantitative estimate of drug-likeness (QED) is 0.642. The molecule has 94 valence electrons. The first-order valence-electron chi connectivity index (χ1n) is 5.64. The number of nitrogens with zero attached hydrogens (tertiary/aromatic N) is 1. The fourth-order valence-corrected chi connectivity index (χ4v) is 1.34. The molecule has 0 saturated heterocycles. The van der Waals surface area contributed by atoms with E-state index in [9.17, 15) is 9.59 Å². The van der Waals surface area contributed by atoms with E-state index in [1.54, 1.807) is 6.92 Å². The van der Waals surface area contributed by atoms with Crippen molar-refractivity contribution in [3.05, 3.63) is 0 Å². The first kappa shape index (κ1) is 14.9. The summed E-state index contributed by atoms with van der Waals surface area (Å²) in [5.41, 5.74) is 5.32. The van der Waals surface area contributed by atoms with Gasteiger partial charge >= 0.3 is 5.97 Å². The van der Waals surface area contributed by atoms with E-state index in [0.29, 0.717) is 25.6 Å². The van der Waals surface area contributed by atoms with E-state index in [-0.39, 0.29) is 24.8 Å². The molecule has 0 heterocycles. The van der Waals surface area contributed by atoms with Crippen LogP contribution in [0, 0.1) is 5.92 Å². The van der Waals surface area contributed by atoms with Crippen LogP contribution >= 0.6 is 0 Å². The van der Waals surface area contributed by atoms with Crippen LogP contribution < -0.4 is 5.73 Å². The second-order valence-corrected chi connectivity index (χ2v) is 4.01. The van der Waals surface area contributed by atoms with Crippen LogP contribution in [-0.4, -0.2) is 43.0 Å². The van der Waals surface area contributed by atoms with Crippen molar-refractivity contribution in [2.24, 2.45) is 11.7 Å². The molecule has 1 amide bonds. The van der Waals surface area contributed by atoms with E-state index in [2.05, 4.69) is 0 Å². The van der Waals surface area contributed by atoms with Gasteiger partial charge in [-0.25, -0.2) is 0 Å². The van der Waals surface area contributed by atoms with Crippen molar-refractivity contribution < 1.29 is 14.3 Å².